The van der Waals surface area contributed by atoms with E-state index in [0.29, 0.717) is 19.5 Å². The van der Waals surface area contributed by atoms with Crippen LogP contribution in [0.25, 0.3) is 0 Å². The average Bonchev–Trinajstić information content (AvgIpc) is 2.69. The lowest BCUT2D eigenvalue weighted by molar-refractivity contribution is -0.147. The fourth-order valence-corrected chi connectivity index (χ4v) is 2.27. The maximum Gasteiger partial charge on any atom is 0.320 e. The highest BCUT2D eigenvalue weighted by atomic mass is 16.4. The number of hydrogen-bond acceptors (Lipinski definition) is 2. The Kier molecular flexibility index (Phi) is 4.17. The second-order valence-electron chi connectivity index (χ2n) is 6.97. The molecule has 0 aromatic rings. The van der Waals surface area contributed by atoms with Crippen molar-refractivity contribution in [3.8, 4) is 0 Å². The van der Waals surface area contributed by atoms with Gasteiger partial charge in [-0.1, -0.05) is 20.8 Å². The number of carboxylic acid groups (broad SMARTS) is 1. The van der Waals surface area contributed by atoms with E-state index in [0.717, 1.165) is 0 Å². The number of likely N-dealkylation sites (tertiary alicyclic amines) is 1. The third-order valence-corrected chi connectivity index (χ3v) is 4.40. The summed E-state index contributed by atoms with van der Waals surface area (Å²) in [6, 6.07) is 0.0177. The molecule has 0 spiro atoms. The molecular weight excluding hydrogens is 244 g/mol. The van der Waals surface area contributed by atoms with Gasteiger partial charge in [-0.15, -0.1) is 0 Å². The van der Waals surface area contributed by atoms with Gasteiger partial charge in [-0.25, -0.2) is 4.79 Å². The second kappa shape index (κ2) is 5.02. The summed E-state index contributed by atoms with van der Waals surface area (Å²) in [5, 5.41) is 9.20. The number of nitrogens with zero attached hydrogens (tertiary/aromatic N) is 2. The first-order chi connectivity index (χ1) is 8.49. The number of carboxylic acids is 1. The van der Waals surface area contributed by atoms with Crippen molar-refractivity contribution in [1.29, 1.82) is 0 Å². The van der Waals surface area contributed by atoms with Gasteiger partial charge in [0.05, 0.1) is 5.41 Å². The molecule has 1 aliphatic rings. The van der Waals surface area contributed by atoms with Crippen molar-refractivity contribution in [3.63, 3.8) is 0 Å². The van der Waals surface area contributed by atoms with Gasteiger partial charge in [0.25, 0.3) is 0 Å². The van der Waals surface area contributed by atoms with Crippen LogP contribution in [0.1, 0.15) is 41.0 Å². The van der Waals surface area contributed by atoms with Gasteiger partial charge in [0.2, 0.25) is 0 Å². The van der Waals surface area contributed by atoms with E-state index >= 15 is 0 Å². The highest BCUT2D eigenvalue weighted by Gasteiger charge is 2.43. The zero-order chi connectivity index (χ0) is 15.0. The summed E-state index contributed by atoms with van der Waals surface area (Å²) in [5.74, 6) is -0.825. The molecular formula is C14H26N2O3. The lowest BCUT2D eigenvalue weighted by Gasteiger charge is -2.37. The van der Waals surface area contributed by atoms with Crippen LogP contribution in [0.5, 0.6) is 0 Å². The van der Waals surface area contributed by atoms with E-state index in [-0.39, 0.29) is 17.5 Å². The molecule has 1 fully saturated rings. The fourth-order valence-electron chi connectivity index (χ4n) is 2.27. The van der Waals surface area contributed by atoms with E-state index in [1.807, 2.05) is 6.92 Å². The maximum absolute atomic E-state index is 12.4. The van der Waals surface area contributed by atoms with E-state index in [1.165, 1.54) is 0 Å². The average molecular weight is 270 g/mol. The number of aliphatic carboxylic acids is 1. The molecule has 2 atom stereocenters. The molecule has 5 nitrogen and oxygen atoms in total. The van der Waals surface area contributed by atoms with Crippen LogP contribution in [0.3, 0.4) is 0 Å². The molecule has 1 rings (SSSR count). The first kappa shape index (κ1) is 15.8. The van der Waals surface area contributed by atoms with Gasteiger partial charge in [-0.2, -0.15) is 0 Å². The van der Waals surface area contributed by atoms with Crippen LogP contribution in [-0.2, 0) is 4.79 Å². The topological polar surface area (TPSA) is 60.9 Å². The van der Waals surface area contributed by atoms with Crippen molar-refractivity contribution in [3.05, 3.63) is 0 Å². The Morgan fingerprint density at radius 1 is 1.37 bits per heavy atom. The summed E-state index contributed by atoms with van der Waals surface area (Å²) < 4.78 is 0. The van der Waals surface area contributed by atoms with Crippen LogP contribution in [0.15, 0.2) is 0 Å². The highest BCUT2D eigenvalue weighted by molar-refractivity contribution is 5.79. The summed E-state index contributed by atoms with van der Waals surface area (Å²) >= 11 is 0. The van der Waals surface area contributed by atoms with Crippen LogP contribution in [0, 0.1) is 10.8 Å². The van der Waals surface area contributed by atoms with Crippen LogP contribution < -0.4 is 0 Å². The molecule has 1 saturated heterocycles. The molecule has 0 aromatic carbocycles. The highest BCUT2D eigenvalue weighted by Crippen LogP contribution is 2.31. The number of rotatable bonds is 2. The summed E-state index contributed by atoms with van der Waals surface area (Å²) in [6.45, 7) is 10.8. The molecule has 110 valence electrons. The van der Waals surface area contributed by atoms with E-state index in [9.17, 15) is 14.7 Å². The molecule has 1 heterocycles. The smallest absolute Gasteiger partial charge is 0.320 e. The van der Waals surface area contributed by atoms with Crippen molar-refractivity contribution in [1.82, 2.24) is 9.80 Å². The third-order valence-electron chi connectivity index (χ3n) is 4.40. The van der Waals surface area contributed by atoms with E-state index in [2.05, 4.69) is 20.8 Å². The summed E-state index contributed by atoms with van der Waals surface area (Å²) in [7, 11) is 1.79. The predicted octanol–water partition coefficient (Wildman–Crippen LogP) is 2.27. The van der Waals surface area contributed by atoms with Crippen molar-refractivity contribution in [2.24, 2.45) is 10.8 Å². The monoisotopic (exact) mass is 270 g/mol. The third kappa shape index (κ3) is 3.19. The second-order valence-corrected chi connectivity index (χ2v) is 6.97. The number of hydrogen-bond donors (Lipinski definition) is 1. The molecule has 5 heteroatoms. The molecule has 1 aliphatic heterocycles. The Bertz CT molecular complexity index is 375. The van der Waals surface area contributed by atoms with Crippen LogP contribution >= 0.6 is 0 Å². The van der Waals surface area contributed by atoms with Crippen LogP contribution in [0.4, 0.5) is 4.79 Å². The Morgan fingerprint density at radius 2 is 1.89 bits per heavy atom. The number of amides is 2. The van der Waals surface area contributed by atoms with Gasteiger partial charge in [-0.3, -0.25) is 4.79 Å². The van der Waals surface area contributed by atoms with Crippen molar-refractivity contribution in [2.45, 2.75) is 47.1 Å². The molecule has 0 aromatic heterocycles. The van der Waals surface area contributed by atoms with Crippen LogP contribution in [-0.4, -0.2) is 53.1 Å². The number of carbonyl (C=O) groups excluding carboxylic acids is 1. The van der Waals surface area contributed by atoms with Crippen molar-refractivity contribution in [2.75, 3.05) is 20.1 Å². The molecule has 1 N–H and O–H groups in total. The largest absolute Gasteiger partial charge is 0.481 e. The Labute approximate surface area is 115 Å². The lowest BCUT2D eigenvalue weighted by Crippen LogP contribution is -2.49. The van der Waals surface area contributed by atoms with E-state index in [4.69, 9.17) is 0 Å². The zero-order valence-corrected chi connectivity index (χ0v) is 12.9. The molecule has 2 amide bonds. The quantitative estimate of drug-likeness (QED) is 0.837. The van der Waals surface area contributed by atoms with Crippen molar-refractivity contribution >= 4 is 12.0 Å². The molecule has 0 radical (unpaired) electrons. The molecule has 0 bridgehead atoms. The van der Waals surface area contributed by atoms with Gasteiger partial charge < -0.3 is 14.9 Å². The summed E-state index contributed by atoms with van der Waals surface area (Å²) in [4.78, 5) is 27.0. The van der Waals surface area contributed by atoms with Gasteiger partial charge in [0, 0.05) is 26.2 Å². The van der Waals surface area contributed by atoms with E-state index < -0.39 is 11.4 Å². The zero-order valence-electron chi connectivity index (χ0n) is 12.9. The minimum Gasteiger partial charge on any atom is -0.481 e. The lowest BCUT2D eigenvalue weighted by atomic mass is 9.87. The van der Waals surface area contributed by atoms with Crippen molar-refractivity contribution < 1.29 is 14.7 Å². The first-order valence-corrected chi connectivity index (χ1v) is 6.74. The molecule has 2 unspecified atom stereocenters. The minimum absolute atomic E-state index is 0.000234. The van der Waals surface area contributed by atoms with Gasteiger partial charge >= 0.3 is 12.0 Å². The van der Waals surface area contributed by atoms with E-state index in [1.54, 1.807) is 23.8 Å². The van der Waals surface area contributed by atoms with Gasteiger partial charge in [0.1, 0.15) is 0 Å². The molecule has 19 heavy (non-hydrogen) atoms. The van der Waals surface area contributed by atoms with Crippen LogP contribution in [0.2, 0.25) is 0 Å². The van der Waals surface area contributed by atoms with Gasteiger partial charge in [-0.05, 0) is 25.7 Å². The Hall–Kier alpha value is -1.26. The number of urea groups is 1. The predicted molar refractivity (Wildman–Crippen MR) is 74.0 cm³/mol. The Morgan fingerprint density at radius 3 is 2.26 bits per heavy atom. The first-order valence-electron chi connectivity index (χ1n) is 6.74. The SMILES string of the molecule is CC(N(C)C(=O)N1CCC(C)(C(=O)O)C1)C(C)(C)C. The Balaban J connectivity index is 2.73. The minimum atomic E-state index is -0.825. The fraction of sp³-hybridized carbons (Fsp3) is 0.857. The normalized spacial score (nSPS) is 25.3. The standard InChI is InChI=1S/C14H26N2O3/c1-10(13(2,3)4)15(6)12(19)16-8-7-14(5,9-16)11(17)18/h10H,7-9H2,1-6H3,(H,17,18). The summed E-state index contributed by atoms with van der Waals surface area (Å²) in [5.41, 5.74) is -0.804. The molecule has 0 saturated carbocycles. The molecule has 0 aliphatic carbocycles. The summed E-state index contributed by atoms with van der Waals surface area (Å²) in [6.07, 6.45) is 0.520. The van der Waals surface area contributed by atoms with Gasteiger partial charge in [0.15, 0.2) is 0 Å². The number of carbonyl (C=O) groups is 2. The maximum atomic E-state index is 12.4.